The van der Waals surface area contributed by atoms with Crippen LogP contribution in [-0.4, -0.2) is 15.5 Å². The maximum absolute atomic E-state index is 13.5. The predicted octanol–water partition coefficient (Wildman–Crippen LogP) is 3.24. The molecule has 0 unspecified atom stereocenters. The van der Waals surface area contributed by atoms with Gasteiger partial charge in [-0.1, -0.05) is 12.1 Å². The van der Waals surface area contributed by atoms with E-state index in [4.69, 9.17) is 4.74 Å². The molecule has 0 aliphatic heterocycles. The molecule has 0 aromatic heterocycles. The molecule has 124 valence electrons. The van der Waals surface area contributed by atoms with E-state index in [0.717, 1.165) is 11.1 Å². The molecule has 2 aromatic carbocycles. The zero-order chi connectivity index (χ0) is 17.2. The third-order valence-corrected chi connectivity index (χ3v) is 5.03. The predicted molar refractivity (Wildman–Crippen MR) is 87.6 cm³/mol. The summed E-state index contributed by atoms with van der Waals surface area (Å²) < 4.78 is 46.1. The Hall–Kier alpha value is -1.92. The lowest BCUT2D eigenvalue weighted by atomic mass is 10.1. The van der Waals surface area contributed by atoms with Gasteiger partial charge in [0.15, 0.2) is 0 Å². The van der Waals surface area contributed by atoms with E-state index in [0.29, 0.717) is 16.9 Å². The highest BCUT2D eigenvalue weighted by atomic mass is 32.2. The van der Waals surface area contributed by atoms with Crippen molar-refractivity contribution in [1.82, 2.24) is 4.72 Å². The van der Waals surface area contributed by atoms with Crippen LogP contribution in [0.15, 0.2) is 35.2 Å². The number of nitrogens with one attached hydrogen (secondary N) is 1. The van der Waals surface area contributed by atoms with E-state index in [2.05, 4.69) is 4.72 Å². The molecule has 0 radical (unpaired) electrons. The summed E-state index contributed by atoms with van der Waals surface area (Å²) in [7, 11) is -2.13. The van der Waals surface area contributed by atoms with Gasteiger partial charge in [-0.3, -0.25) is 0 Å². The monoisotopic (exact) mass is 337 g/mol. The molecule has 0 aliphatic carbocycles. The van der Waals surface area contributed by atoms with Crippen LogP contribution in [0.2, 0.25) is 0 Å². The lowest BCUT2D eigenvalue weighted by Crippen LogP contribution is -2.23. The molecule has 0 heterocycles. The Morgan fingerprint density at radius 2 is 1.65 bits per heavy atom. The zero-order valence-corrected chi connectivity index (χ0v) is 14.4. The molecule has 0 atom stereocenters. The largest absolute Gasteiger partial charge is 0.496 e. The van der Waals surface area contributed by atoms with Gasteiger partial charge >= 0.3 is 0 Å². The quantitative estimate of drug-likeness (QED) is 0.911. The first-order chi connectivity index (χ1) is 10.7. The average molecular weight is 337 g/mol. The van der Waals surface area contributed by atoms with E-state index in [1.165, 1.54) is 6.07 Å². The van der Waals surface area contributed by atoms with Gasteiger partial charge in [-0.15, -0.1) is 0 Å². The summed E-state index contributed by atoms with van der Waals surface area (Å²) >= 11 is 0. The maximum atomic E-state index is 13.5. The van der Waals surface area contributed by atoms with Gasteiger partial charge in [-0.25, -0.2) is 17.5 Å². The lowest BCUT2D eigenvalue weighted by molar-refractivity contribution is 0.408. The van der Waals surface area contributed by atoms with Crippen LogP contribution in [-0.2, 0) is 16.6 Å². The first kappa shape index (κ1) is 17.4. The first-order valence-electron chi connectivity index (χ1n) is 7.14. The summed E-state index contributed by atoms with van der Waals surface area (Å²) in [5.74, 6) is 0.322. The van der Waals surface area contributed by atoms with E-state index in [1.54, 1.807) is 52.1 Å². The summed E-state index contributed by atoms with van der Waals surface area (Å²) in [4.78, 5) is 0.167. The number of hydrogen-bond donors (Lipinski definition) is 1. The van der Waals surface area contributed by atoms with Crippen LogP contribution >= 0.6 is 0 Å². The van der Waals surface area contributed by atoms with Gasteiger partial charge in [0.2, 0.25) is 10.0 Å². The van der Waals surface area contributed by atoms with Crippen molar-refractivity contribution in [2.75, 3.05) is 7.11 Å². The second-order valence-corrected chi connectivity index (χ2v) is 7.27. The van der Waals surface area contributed by atoms with Crippen molar-refractivity contribution < 1.29 is 17.5 Å². The van der Waals surface area contributed by atoms with E-state index in [-0.39, 0.29) is 17.3 Å². The van der Waals surface area contributed by atoms with Gasteiger partial charge in [0, 0.05) is 6.54 Å². The van der Waals surface area contributed by atoms with Crippen LogP contribution in [0.1, 0.15) is 22.3 Å². The molecular weight excluding hydrogens is 317 g/mol. The summed E-state index contributed by atoms with van der Waals surface area (Å²) in [5, 5.41) is 0. The van der Waals surface area contributed by atoms with Crippen LogP contribution in [0, 0.1) is 26.6 Å². The van der Waals surface area contributed by atoms with E-state index in [1.807, 2.05) is 0 Å². The van der Waals surface area contributed by atoms with Crippen LogP contribution < -0.4 is 9.46 Å². The number of hydrogen-bond acceptors (Lipinski definition) is 3. The molecule has 0 amide bonds. The van der Waals surface area contributed by atoms with E-state index >= 15 is 0 Å². The van der Waals surface area contributed by atoms with Crippen molar-refractivity contribution in [3.8, 4) is 5.75 Å². The Kier molecular flexibility index (Phi) is 5.06. The fourth-order valence-corrected chi connectivity index (χ4v) is 3.58. The molecule has 0 bridgehead atoms. The van der Waals surface area contributed by atoms with Crippen LogP contribution in [0.5, 0.6) is 5.75 Å². The highest BCUT2D eigenvalue weighted by molar-refractivity contribution is 7.89. The van der Waals surface area contributed by atoms with Crippen molar-refractivity contribution in [1.29, 1.82) is 0 Å². The summed E-state index contributed by atoms with van der Waals surface area (Å²) in [6.45, 7) is 5.27. The molecule has 2 aromatic rings. The van der Waals surface area contributed by atoms with Crippen LogP contribution in [0.25, 0.3) is 0 Å². The number of methoxy groups -OCH3 is 1. The van der Waals surface area contributed by atoms with Crippen molar-refractivity contribution in [2.24, 2.45) is 0 Å². The zero-order valence-electron chi connectivity index (χ0n) is 13.6. The third-order valence-electron chi connectivity index (χ3n) is 3.65. The number of rotatable bonds is 5. The number of benzene rings is 2. The number of ether oxygens (including phenoxy) is 1. The fraction of sp³-hybridized carbons (Fsp3) is 0.294. The Labute approximate surface area is 136 Å². The SMILES string of the molecule is COc1c(C)cc(S(=O)(=O)NCc2ccc(C)c(F)c2)cc1C. The molecule has 23 heavy (non-hydrogen) atoms. The maximum Gasteiger partial charge on any atom is 0.240 e. The summed E-state index contributed by atoms with van der Waals surface area (Å²) in [5.41, 5.74) is 2.58. The second-order valence-electron chi connectivity index (χ2n) is 5.50. The van der Waals surface area contributed by atoms with Gasteiger partial charge in [0.1, 0.15) is 11.6 Å². The van der Waals surface area contributed by atoms with Gasteiger partial charge in [-0.2, -0.15) is 0 Å². The highest BCUT2D eigenvalue weighted by Gasteiger charge is 2.17. The molecule has 0 saturated heterocycles. The van der Waals surface area contributed by atoms with Gasteiger partial charge in [0.25, 0.3) is 0 Å². The van der Waals surface area contributed by atoms with Gasteiger partial charge in [-0.05, 0) is 61.2 Å². The van der Waals surface area contributed by atoms with Gasteiger partial charge < -0.3 is 4.74 Å². The molecule has 0 saturated carbocycles. The van der Waals surface area contributed by atoms with Crippen molar-refractivity contribution in [3.05, 3.63) is 58.4 Å². The molecule has 1 N–H and O–H groups in total. The number of halogens is 1. The fourth-order valence-electron chi connectivity index (χ4n) is 2.40. The van der Waals surface area contributed by atoms with E-state index < -0.39 is 10.0 Å². The van der Waals surface area contributed by atoms with Crippen molar-refractivity contribution >= 4 is 10.0 Å². The van der Waals surface area contributed by atoms with Gasteiger partial charge in [0.05, 0.1) is 12.0 Å². The molecule has 6 heteroatoms. The average Bonchev–Trinajstić information content (AvgIpc) is 2.48. The minimum atomic E-state index is -3.68. The topological polar surface area (TPSA) is 55.4 Å². The Morgan fingerprint density at radius 1 is 1.04 bits per heavy atom. The van der Waals surface area contributed by atoms with Crippen molar-refractivity contribution in [3.63, 3.8) is 0 Å². The van der Waals surface area contributed by atoms with Crippen LogP contribution in [0.4, 0.5) is 4.39 Å². The minimum absolute atomic E-state index is 0.0314. The van der Waals surface area contributed by atoms with Crippen LogP contribution in [0.3, 0.4) is 0 Å². The van der Waals surface area contributed by atoms with Crippen molar-refractivity contribution in [2.45, 2.75) is 32.2 Å². The molecule has 0 spiro atoms. The molecule has 2 rings (SSSR count). The Morgan fingerprint density at radius 3 is 2.17 bits per heavy atom. The third kappa shape index (κ3) is 3.89. The van der Waals surface area contributed by atoms with E-state index in [9.17, 15) is 12.8 Å². The number of sulfonamides is 1. The Bertz CT molecular complexity index is 809. The smallest absolute Gasteiger partial charge is 0.240 e. The first-order valence-corrected chi connectivity index (χ1v) is 8.63. The second kappa shape index (κ2) is 6.68. The molecular formula is C17H20FNO3S. The highest BCUT2D eigenvalue weighted by Crippen LogP contribution is 2.26. The Balaban J connectivity index is 2.23. The normalized spacial score (nSPS) is 11.5. The molecule has 0 fully saturated rings. The summed E-state index contributed by atoms with van der Waals surface area (Å²) in [6.07, 6.45) is 0. The molecule has 4 nitrogen and oxygen atoms in total. The lowest BCUT2D eigenvalue weighted by Gasteiger charge is -2.12. The summed E-state index contributed by atoms with van der Waals surface area (Å²) in [6, 6.07) is 7.78. The standard InChI is InChI=1S/C17H20FNO3S/c1-11-5-6-14(9-16(11)18)10-19-23(20,21)15-7-12(2)17(22-4)13(3)8-15/h5-9,19H,10H2,1-4H3. The number of aryl methyl sites for hydroxylation is 3. The minimum Gasteiger partial charge on any atom is -0.496 e. The molecule has 0 aliphatic rings.